The number of fused-ring (bicyclic) bond motifs is 3. The largest absolute Gasteiger partial charge is 0.477 e. The van der Waals surface area contributed by atoms with E-state index >= 15 is 0 Å². The van der Waals surface area contributed by atoms with E-state index in [9.17, 15) is 14.7 Å². The van der Waals surface area contributed by atoms with Gasteiger partial charge in [0, 0.05) is 0 Å². The van der Waals surface area contributed by atoms with Crippen molar-refractivity contribution in [3.05, 3.63) is 35.9 Å². The number of carbonyl (C=O) groups is 2. The molecule has 0 amide bonds. The Morgan fingerprint density at radius 1 is 1.12 bits per heavy atom. The fourth-order valence-electron chi connectivity index (χ4n) is 4.20. The van der Waals surface area contributed by atoms with Crippen molar-refractivity contribution in [3.63, 3.8) is 0 Å². The second kappa shape index (κ2) is 8.94. The average Bonchev–Trinajstić information content (AvgIpc) is 3.21. The topological polar surface area (TPSA) is 136 Å². The van der Waals surface area contributed by atoms with Gasteiger partial charge in [-0.2, -0.15) is 0 Å². The summed E-state index contributed by atoms with van der Waals surface area (Å²) in [6, 6.07) is 9.27. The molecule has 1 unspecified atom stereocenters. The zero-order chi connectivity index (χ0) is 24.7. The number of carboxylic acids is 1. The normalized spacial score (nSPS) is 33.0. The van der Waals surface area contributed by atoms with E-state index in [0.29, 0.717) is 6.42 Å². The highest BCUT2D eigenvalue weighted by Gasteiger charge is 2.71. The van der Waals surface area contributed by atoms with Crippen LogP contribution in [0.4, 0.5) is 0 Å². The fraction of sp³-hybridized carbons (Fsp3) is 0.652. The van der Waals surface area contributed by atoms with Gasteiger partial charge in [0.25, 0.3) is 0 Å². The van der Waals surface area contributed by atoms with Crippen molar-refractivity contribution in [1.29, 1.82) is 0 Å². The number of aliphatic carboxylic acids is 1. The Kier molecular flexibility index (Phi) is 6.92. The molecule has 0 spiro atoms. The minimum Gasteiger partial charge on any atom is -0.477 e. The van der Waals surface area contributed by atoms with Crippen molar-refractivity contribution in [3.8, 4) is 0 Å². The van der Waals surface area contributed by atoms with Crippen LogP contribution in [0.15, 0.2) is 30.3 Å². The third kappa shape index (κ3) is 4.77. The maximum absolute atomic E-state index is 11.6. The van der Waals surface area contributed by atoms with Crippen LogP contribution in [0.25, 0.3) is 0 Å². The van der Waals surface area contributed by atoms with Crippen LogP contribution in [0.2, 0.25) is 0 Å². The molecule has 1 aromatic rings. The maximum atomic E-state index is 11.6. The second-order valence-corrected chi connectivity index (χ2v) is 9.15. The Hall–Kier alpha value is -2.08. The Morgan fingerprint density at radius 3 is 2.30 bits per heavy atom. The molecule has 3 aliphatic rings. The number of carbonyl (C=O) groups excluding carboxylic acids is 1. The molecule has 0 aromatic heterocycles. The molecule has 3 fully saturated rings. The highest BCUT2D eigenvalue weighted by molar-refractivity contribution is 5.82. The lowest BCUT2D eigenvalue weighted by atomic mass is 9.88. The zero-order valence-electron chi connectivity index (χ0n) is 19.8. The number of ether oxygens (including phenoxy) is 6. The van der Waals surface area contributed by atoms with Crippen molar-refractivity contribution >= 4 is 11.9 Å². The summed E-state index contributed by atoms with van der Waals surface area (Å²) in [7, 11) is 1.35. The van der Waals surface area contributed by atoms with Crippen LogP contribution in [-0.4, -0.2) is 66.4 Å². The van der Waals surface area contributed by atoms with Crippen LogP contribution in [0.1, 0.15) is 46.6 Å². The first kappa shape index (κ1) is 25.5. The van der Waals surface area contributed by atoms with Crippen LogP contribution < -0.4 is 5.73 Å². The third-order valence-corrected chi connectivity index (χ3v) is 5.88. The molecule has 4 rings (SSSR count). The maximum Gasteiger partial charge on any atom is 0.367 e. The molecule has 1 aromatic carbocycles. The van der Waals surface area contributed by atoms with Crippen molar-refractivity contribution < 1.29 is 43.1 Å². The number of carboxylic acid groups (broad SMARTS) is 1. The Balaban J connectivity index is 0.000000196. The minimum absolute atomic E-state index is 0.246. The summed E-state index contributed by atoms with van der Waals surface area (Å²) in [5.74, 6) is -5.25. The van der Waals surface area contributed by atoms with E-state index in [2.05, 4.69) is 0 Å². The Labute approximate surface area is 193 Å². The van der Waals surface area contributed by atoms with Crippen molar-refractivity contribution in [2.24, 2.45) is 5.73 Å². The predicted molar refractivity (Wildman–Crippen MR) is 115 cm³/mol. The van der Waals surface area contributed by atoms with Crippen LogP contribution >= 0.6 is 0 Å². The summed E-state index contributed by atoms with van der Waals surface area (Å²) < 4.78 is 32.7. The predicted octanol–water partition coefficient (Wildman–Crippen LogP) is 1.89. The van der Waals surface area contributed by atoms with Gasteiger partial charge in [0.2, 0.25) is 0 Å². The minimum atomic E-state index is -1.82. The van der Waals surface area contributed by atoms with Gasteiger partial charge in [-0.1, -0.05) is 37.3 Å². The molecule has 184 valence electrons. The van der Waals surface area contributed by atoms with E-state index in [0.717, 1.165) is 5.56 Å². The Morgan fingerprint density at radius 2 is 1.76 bits per heavy atom. The zero-order valence-corrected chi connectivity index (χ0v) is 19.8. The molecule has 0 bridgehead atoms. The van der Waals surface area contributed by atoms with Gasteiger partial charge in [0.1, 0.15) is 17.7 Å². The summed E-state index contributed by atoms with van der Waals surface area (Å²) in [5.41, 5.74) is 5.77. The lowest BCUT2D eigenvalue weighted by molar-refractivity contribution is -0.325. The number of hydrogen-bond acceptors (Lipinski definition) is 9. The lowest BCUT2D eigenvalue weighted by Crippen LogP contribution is -2.52. The van der Waals surface area contributed by atoms with Crippen LogP contribution in [0.3, 0.4) is 0 Å². The van der Waals surface area contributed by atoms with Gasteiger partial charge in [-0.05, 0) is 39.7 Å². The van der Waals surface area contributed by atoms with E-state index < -0.39 is 53.2 Å². The fourth-order valence-corrected chi connectivity index (χ4v) is 4.20. The molecule has 0 aliphatic carbocycles. The first-order valence-electron chi connectivity index (χ1n) is 10.8. The number of methoxy groups -OCH3 is 1. The number of esters is 1. The van der Waals surface area contributed by atoms with Gasteiger partial charge >= 0.3 is 17.7 Å². The summed E-state index contributed by atoms with van der Waals surface area (Å²) >= 11 is 0. The molecule has 5 atom stereocenters. The highest BCUT2D eigenvalue weighted by atomic mass is 16.9. The highest BCUT2D eigenvalue weighted by Crippen LogP contribution is 2.48. The molecule has 3 aliphatic heterocycles. The second-order valence-electron chi connectivity index (χ2n) is 9.15. The van der Waals surface area contributed by atoms with E-state index in [-0.39, 0.29) is 6.61 Å². The molecular weight excluding hydrogens is 434 g/mol. The van der Waals surface area contributed by atoms with E-state index in [1.165, 1.54) is 7.11 Å². The van der Waals surface area contributed by atoms with Gasteiger partial charge in [0.15, 0.2) is 17.7 Å². The van der Waals surface area contributed by atoms with Crippen molar-refractivity contribution in [2.45, 2.75) is 82.3 Å². The van der Waals surface area contributed by atoms with Crippen molar-refractivity contribution in [1.82, 2.24) is 0 Å². The Bertz CT molecular complexity index is 874. The standard InChI is InChI=1S/C12H18O7.C11H15NO2/c1-10(2)15-5-6-7(17-10)8-12(16-6,9(13)14)19-11(3,4)18-8;1-3-11(12,10(13)14-2)9-7-5-4-6-8-9/h6-8H,5H2,1-4H3,(H,13,14);4-8H,3,12H2,1-2H3/t6?,7-,8+,12-;11-/m10/s1. The molecule has 0 saturated carbocycles. The SMILES string of the molecule is CC1(C)OCC2O[C@@]3(C(=O)O)OC(C)(C)O[C@H]3[C@@H]2O1.CC[C@@](N)(C(=O)OC)c1ccccc1. The number of benzene rings is 1. The van der Waals surface area contributed by atoms with Crippen LogP contribution in [-0.2, 0) is 43.5 Å². The monoisotopic (exact) mass is 467 g/mol. The van der Waals surface area contributed by atoms with Gasteiger partial charge in [0.05, 0.1) is 13.7 Å². The summed E-state index contributed by atoms with van der Waals surface area (Å²) in [6.07, 6.45) is -1.33. The summed E-state index contributed by atoms with van der Waals surface area (Å²) in [4.78, 5) is 23.1. The average molecular weight is 468 g/mol. The third-order valence-electron chi connectivity index (χ3n) is 5.88. The van der Waals surface area contributed by atoms with Crippen LogP contribution in [0, 0.1) is 0 Å². The van der Waals surface area contributed by atoms with E-state index in [1.54, 1.807) is 27.7 Å². The smallest absolute Gasteiger partial charge is 0.367 e. The molecular formula is C23H33NO9. The number of nitrogens with two attached hydrogens (primary N) is 1. The molecule has 10 heteroatoms. The summed E-state index contributed by atoms with van der Waals surface area (Å²) in [5, 5.41) is 9.46. The number of rotatable bonds is 4. The first-order chi connectivity index (χ1) is 15.3. The first-order valence-corrected chi connectivity index (χ1v) is 10.8. The van der Waals surface area contributed by atoms with Gasteiger partial charge in [-0.25, -0.2) is 9.59 Å². The molecule has 3 heterocycles. The lowest BCUT2D eigenvalue weighted by Gasteiger charge is -2.38. The molecule has 10 nitrogen and oxygen atoms in total. The van der Waals surface area contributed by atoms with Crippen molar-refractivity contribution in [2.75, 3.05) is 13.7 Å². The molecule has 0 radical (unpaired) electrons. The summed E-state index contributed by atoms with van der Waals surface area (Å²) in [6.45, 7) is 8.95. The molecule has 33 heavy (non-hydrogen) atoms. The van der Waals surface area contributed by atoms with E-state index in [4.69, 9.17) is 34.2 Å². The van der Waals surface area contributed by atoms with Crippen LogP contribution in [0.5, 0.6) is 0 Å². The van der Waals surface area contributed by atoms with E-state index in [1.807, 2.05) is 37.3 Å². The molecule has 3 N–H and O–H groups in total. The van der Waals surface area contributed by atoms with Gasteiger partial charge in [-0.3, -0.25) is 0 Å². The van der Waals surface area contributed by atoms with Gasteiger partial charge < -0.3 is 39.3 Å². The van der Waals surface area contributed by atoms with Gasteiger partial charge in [-0.15, -0.1) is 0 Å². The molecule has 3 saturated heterocycles. The number of hydrogen-bond donors (Lipinski definition) is 2. The quantitative estimate of drug-likeness (QED) is 0.632.